The van der Waals surface area contributed by atoms with E-state index in [4.69, 9.17) is 4.98 Å². The maximum absolute atomic E-state index is 12.5. The highest BCUT2D eigenvalue weighted by Gasteiger charge is 2.27. The Labute approximate surface area is 176 Å². The van der Waals surface area contributed by atoms with Gasteiger partial charge in [-0.05, 0) is 45.4 Å². The van der Waals surface area contributed by atoms with Crippen LogP contribution in [-0.4, -0.2) is 45.8 Å². The highest BCUT2D eigenvalue weighted by molar-refractivity contribution is 7.16. The molecule has 7 nitrogen and oxygen atoms in total. The first-order chi connectivity index (χ1) is 13.9. The van der Waals surface area contributed by atoms with Gasteiger partial charge in [0.2, 0.25) is 5.95 Å². The molecule has 150 valence electrons. The molecule has 1 N–H and O–H groups in total. The summed E-state index contributed by atoms with van der Waals surface area (Å²) in [5.74, 6) is 0.504. The van der Waals surface area contributed by atoms with Crippen molar-refractivity contribution in [3.8, 4) is 10.6 Å². The van der Waals surface area contributed by atoms with Gasteiger partial charge in [0.1, 0.15) is 0 Å². The predicted octanol–water partition coefficient (Wildman–Crippen LogP) is 3.49. The summed E-state index contributed by atoms with van der Waals surface area (Å²) in [6.45, 7) is 6.92. The van der Waals surface area contributed by atoms with Crippen LogP contribution in [0.15, 0.2) is 24.4 Å². The van der Waals surface area contributed by atoms with Crippen molar-refractivity contribution in [2.45, 2.75) is 33.2 Å². The second-order valence-corrected chi connectivity index (χ2v) is 9.30. The fourth-order valence-electron chi connectivity index (χ4n) is 3.36. The fourth-order valence-corrected chi connectivity index (χ4v) is 5.06. The van der Waals surface area contributed by atoms with Gasteiger partial charge in [-0.2, -0.15) is 0 Å². The third kappa shape index (κ3) is 4.20. The number of ketones is 1. The maximum atomic E-state index is 12.5. The third-order valence-corrected chi connectivity index (χ3v) is 7.04. The smallest absolute Gasteiger partial charge is 0.261 e. The molecule has 1 amide bonds. The number of nitrogens with one attached hydrogen (secondary N) is 1. The molecule has 9 heteroatoms. The predicted molar refractivity (Wildman–Crippen MR) is 115 cm³/mol. The van der Waals surface area contributed by atoms with Gasteiger partial charge < -0.3 is 10.2 Å². The van der Waals surface area contributed by atoms with Crippen LogP contribution in [0.1, 0.15) is 43.4 Å². The second kappa shape index (κ2) is 8.00. The van der Waals surface area contributed by atoms with Gasteiger partial charge in [0.05, 0.1) is 31.0 Å². The lowest BCUT2D eigenvalue weighted by molar-refractivity contribution is 0.0944. The molecule has 1 atom stereocenters. The van der Waals surface area contributed by atoms with Crippen LogP contribution in [0.3, 0.4) is 0 Å². The number of Topliss-reactive ketones (excluding diaryl/α,β-unsaturated/α-hetero) is 1. The number of carbonyl (C=O) groups excluding carboxylic acids is 2. The van der Waals surface area contributed by atoms with Gasteiger partial charge in [-0.15, -0.1) is 22.7 Å². The lowest BCUT2D eigenvalue weighted by Crippen LogP contribution is -2.37. The molecule has 0 spiro atoms. The van der Waals surface area contributed by atoms with Crippen LogP contribution in [0.5, 0.6) is 0 Å². The van der Waals surface area contributed by atoms with Gasteiger partial charge in [0.15, 0.2) is 5.78 Å². The topological polar surface area (TPSA) is 88.1 Å². The highest BCUT2D eigenvalue weighted by atomic mass is 32.1. The van der Waals surface area contributed by atoms with E-state index in [1.807, 2.05) is 19.9 Å². The van der Waals surface area contributed by atoms with Crippen molar-refractivity contribution in [3.05, 3.63) is 44.9 Å². The largest absolute Gasteiger partial charge is 0.347 e. The first-order valence-corrected chi connectivity index (χ1v) is 11.0. The van der Waals surface area contributed by atoms with Crippen molar-refractivity contribution in [1.29, 1.82) is 0 Å². The Bertz CT molecular complexity index is 1070. The average molecular weight is 428 g/mol. The average Bonchev–Trinajstić information content (AvgIpc) is 3.41. The van der Waals surface area contributed by atoms with Gasteiger partial charge >= 0.3 is 0 Å². The zero-order valence-corrected chi connectivity index (χ0v) is 18.1. The van der Waals surface area contributed by atoms with E-state index in [0.29, 0.717) is 22.2 Å². The van der Waals surface area contributed by atoms with Gasteiger partial charge in [-0.25, -0.2) is 15.0 Å². The molecule has 0 aromatic carbocycles. The van der Waals surface area contributed by atoms with Gasteiger partial charge in [0, 0.05) is 25.3 Å². The number of hydrogen-bond donors (Lipinski definition) is 1. The Kier molecular flexibility index (Phi) is 5.42. The molecule has 29 heavy (non-hydrogen) atoms. The SMILES string of the molecule is CC(=O)c1ccc(C(=O)NC2CCN(c3nccc(-c4sc(C)nc4C)n3)C2)s1. The van der Waals surface area contributed by atoms with Crippen LogP contribution in [0, 0.1) is 13.8 Å². The van der Waals surface area contributed by atoms with E-state index >= 15 is 0 Å². The van der Waals surface area contributed by atoms with Crippen LogP contribution in [0.4, 0.5) is 5.95 Å². The second-order valence-electron chi connectivity index (χ2n) is 7.01. The van der Waals surface area contributed by atoms with Gasteiger partial charge in [-0.3, -0.25) is 9.59 Å². The molecular formula is C20H21N5O2S2. The fraction of sp³-hybridized carbons (Fsp3) is 0.350. The first kappa shape index (κ1) is 19.7. The molecule has 0 aliphatic carbocycles. The summed E-state index contributed by atoms with van der Waals surface area (Å²) >= 11 is 2.86. The lowest BCUT2D eigenvalue weighted by Gasteiger charge is -2.17. The maximum Gasteiger partial charge on any atom is 0.261 e. The van der Waals surface area contributed by atoms with Gasteiger partial charge in [0.25, 0.3) is 5.91 Å². The number of anilines is 1. The molecule has 1 saturated heterocycles. The molecule has 1 aliphatic heterocycles. The standard InChI is InChI=1S/C20H21N5O2S2/c1-11-18(28-13(3)22-11)15-6-8-21-20(24-15)25-9-7-14(10-25)23-19(27)17-5-4-16(29-17)12(2)26/h4-6,8,14H,7,9-10H2,1-3H3,(H,23,27). The van der Waals surface area contributed by atoms with Gasteiger partial charge in [-0.1, -0.05) is 0 Å². The number of rotatable bonds is 5. The van der Waals surface area contributed by atoms with E-state index in [2.05, 4.69) is 20.2 Å². The number of nitrogens with zero attached hydrogens (tertiary/aromatic N) is 4. The summed E-state index contributed by atoms with van der Waals surface area (Å²) in [5, 5.41) is 4.08. The van der Waals surface area contributed by atoms with E-state index in [1.165, 1.54) is 18.3 Å². The quantitative estimate of drug-likeness (QED) is 0.627. The minimum Gasteiger partial charge on any atom is -0.347 e. The number of thiazole rings is 1. The van der Waals surface area contributed by atoms with Crippen molar-refractivity contribution in [2.75, 3.05) is 18.0 Å². The molecule has 3 aromatic rings. The van der Waals surface area contributed by atoms with E-state index in [0.717, 1.165) is 34.2 Å². The highest BCUT2D eigenvalue weighted by Crippen LogP contribution is 2.29. The molecule has 3 aromatic heterocycles. The normalized spacial score (nSPS) is 16.2. The minimum atomic E-state index is -0.139. The molecule has 4 rings (SSSR count). The lowest BCUT2D eigenvalue weighted by atomic mass is 10.2. The Morgan fingerprint density at radius 3 is 2.62 bits per heavy atom. The molecular weight excluding hydrogens is 406 g/mol. The summed E-state index contributed by atoms with van der Waals surface area (Å²) in [6, 6.07) is 5.33. The molecule has 4 heterocycles. The Morgan fingerprint density at radius 2 is 1.93 bits per heavy atom. The first-order valence-electron chi connectivity index (χ1n) is 9.34. The van der Waals surface area contributed by atoms with Crippen molar-refractivity contribution in [1.82, 2.24) is 20.3 Å². The van der Waals surface area contributed by atoms with Crippen LogP contribution in [0.2, 0.25) is 0 Å². The number of amides is 1. The zero-order chi connectivity index (χ0) is 20.5. The zero-order valence-electron chi connectivity index (χ0n) is 16.4. The molecule has 1 fully saturated rings. The number of hydrogen-bond acceptors (Lipinski definition) is 8. The molecule has 0 bridgehead atoms. The monoisotopic (exact) mass is 427 g/mol. The van der Waals surface area contributed by atoms with E-state index in [9.17, 15) is 9.59 Å². The Hall–Kier alpha value is -2.65. The number of carbonyl (C=O) groups is 2. The van der Waals surface area contributed by atoms with E-state index in [1.54, 1.807) is 29.7 Å². The molecule has 0 radical (unpaired) electrons. The van der Waals surface area contributed by atoms with Crippen molar-refractivity contribution in [3.63, 3.8) is 0 Å². The van der Waals surface area contributed by atoms with E-state index < -0.39 is 0 Å². The summed E-state index contributed by atoms with van der Waals surface area (Å²) in [6.07, 6.45) is 2.59. The number of thiophene rings is 1. The van der Waals surface area contributed by atoms with Crippen molar-refractivity contribution >= 4 is 40.3 Å². The molecule has 1 unspecified atom stereocenters. The van der Waals surface area contributed by atoms with Crippen molar-refractivity contribution in [2.24, 2.45) is 0 Å². The number of aryl methyl sites for hydroxylation is 2. The number of aromatic nitrogens is 3. The van der Waals surface area contributed by atoms with E-state index in [-0.39, 0.29) is 17.7 Å². The van der Waals surface area contributed by atoms with Crippen LogP contribution in [0.25, 0.3) is 10.6 Å². The Morgan fingerprint density at radius 1 is 1.14 bits per heavy atom. The van der Waals surface area contributed by atoms with Crippen LogP contribution in [-0.2, 0) is 0 Å². The van der Waals surface area contributed by atoms with Crippen molar-refractivity contribution < 1.29 is 9.59 Å². The molecule has 0 saturated carbocycles. The summed E-state index contributed by atoms with van der Waals surface area (Å²) < 4.78 is 0. The summed E-state index contributed by atoms with van der Waals surface area (Å²) in [4.78, 5) is 41.9. The molecule has 1 aliphatic rings. The minimum absolute atomic E-state index is 0.0185. The van der Waals surface area contributed by atoms with Crippen LogP contribution >= 0.6 is 22.7 Å². The van der Waals surface area contributed by atoms with Crippen LogP contribution < -0.4 is 10.2 Å². The Balaban J connectivity index is 1.43. The third-order valence-electron chi connectivity index (χ3n) is 4.76. The summed E-state index contributed by atoms with van der Waals surface area (Å²) in [5.41, 5.74) is 1.85. The summed E-state index contributed by atoms with van der Waals surface area (Å²) in [7, 11) is 0.